The number of halogens is 2. The molecular weight excluding hydrogens is 974 g/mol. The van der Waals surface area contributed by atoms with E-state index in [1.165, 1.54) is 61.7 Å². The van der Waals surface area contributed by atoms with Gasteiger partial charge in [-0.05, 0) is 49.1 Å². The zero-order valence-electron chi connectivity index (χ0n) is 40.7. The highest BCUT2D eigenvalue weighted by atomic mass is 35.5. The van der Waals surface area contributed by atoms with Crippen molar-refractivity contribution in [3.05, 3.63) is 93.8 Å². The first-order valence-corrected chi connectivity index (χ1v) is 24.4. The molecule has 22 heteroatoms. The fraction of sp³-hybridized carbons (Fsp3) is 0.408. The summed E-state index contributed by atoms with van der Waals surface area (Å²) in [7, 11) is 4.41. The molecule has 0 radical (unpaired) electrons. The molecule has 0 spiro atoms. The van der Waals surface area contributed by atoms with Gasteiger partial charge in [-0.1, -0.05) is 68.2 Å². The molecule has 7 rings (SSSR count). The number of carbonyl (C=O) groups excluding carboxylic acids is 4. The largest absolute Gasteiger partial charge is 0.495 e. The standard InChI is InChI=1S/C49H59Cl2N11O8S/c1-28-43(71-27-54-28)29-9-11-30(12-10-29)49(5,68)58-45(65)34-21-33(63)24-62(34)46(66)44(48(2,3)4)56-39(64)25-60-17-19-61(20-18-60)32-15-13-31(14-16-32)55-37-23-38(53-26-52-37)59(6)47(67)57-42-40(50)35(69-7)22-36(70-8)41(42)51/h9-16,22-23,26-27,33-34,44,63,68H,17-21,24-25H2,1-8H3,(H,56,64)(H,57,67)(H,58,65)(H,52,53,55)/t33-,34+,44-,49+/m1/s1. The van der Waals surface area contributed by atoms with Crippen LogP contribution in [0.2, 0.25) is 10.0 Å². The number of hydrogen-bond acceptors (Lipinski definition) is 15. The van der Waals surface area contributed by atoms with Crippen molar-refractivity contribution >= 4 is 87.0 Å². The van der Waals surface area contributed by atoms with Crippen molar-refractivity contribution in [3.63, 3.8) is 0 Å². The Hall–Kier alpha value is -6.29. The van der Waals surface area contributed by atoms with Gasteiger partial charge in [0.15, 0.2) is 5.72 Å². The second kappa shape index (κ2) is 22.0. The molecule has 19 nitrogen and oxygen atoms in total. The Kier molecular flexibility index (Phi) is 16.3. The van der Waals surface area contributed by atoms with Gasteiger partial charge >= 0.3 is 6.03 Å². The number of nitrogens with one attached hydrogen (secondary N) is 4. The first kappa shape index (κ1) is 52.5. The van der Waals surface area contributed by atoms with Crippen LogP contribution in [-0.4, -0.2) is 137 Å². The van der Waals surface area contributed by atoms with E-state index in [1.54, 1.807) is 23.7 Å². The van der Waals surface area contributed by atoms with Crippen molar-refractivity contribution < 1.29 is 38.9 Å². The van der Waals surface area contributed by atoms with E-state index in [0.29, 0.717) is 43.4 Å². The summed E-state index contributed by atoms with van der Waals surface area (Å²) in [5, 5.41) is 34.0. The number of β-amino-alcohol motifs (C(OH)–C–C–N with tert-alkyl or cyclic N) is 1. The predicted molar refractivity (Wildman–Crippen MR) is 275 cm³/mol. The molecular formula is C49H59Cl2N11O8S. The third-order valence-electron chi connectivity index (χ3n) is 12.5. The molecule has 378 valence electrons. The van der Waals surface area contributed by atoms with E-state index in [2.05, 4.69) is 41.1 Å². The second-order valence-electron chi connectivity index (χ2n) is 18.6. The Balaban J connectivity index is 0.903. The SMILES string of the molecule is COc1cc(OC)c(Cl)c(NC(=O)N(C)c2cc(Nc3ccc(N4CCN(CC(=O)N[C@H](C(=O)N5C[C@H](O)C[C@H]5C(=O)N[C@@](C)(O)c5ccc(-c6scnc6C)cc5)C(C)(C)C)CC4)cc3)ncn2)c1Cl. The fourth-order valence-corrected chi connectivity index (χ4v) is 9.81. The minimum Gasteiger partial charge on any atom is -0.495 e. The van der Waals surface area contributed by atoms with Gasteiger partial charge in [0.2, 0.25) is 17.7 Å². The number of aryl methyl sites for hydroxylation is 1. The van der Waals surface area contributed by atoms with Crippen molar-refractivity contribution in [1.82, 2.24) is 35.4 Å². The van der Waals surface area contributed by atoms with Gasteiger partial charge < -0.3 is 50.8 Å². The van der Waals surface area contributed by atoms with Crippen LogP contribution >= 0.6 is 34.5 Å². The number of urea groups is 1. The predicted octanol–water partition coefficient (Wildman–Crippen LogP) is 6.24. The third-order valence-corrected chi connectivity index (χ3v) is 14.2. The Bertz CT molecular complexity index is 2700. The number of anilines is 5. The van der Waals surface area contributed by atoms with Gasteiger partial charge in [-0.3, -0.25) is 24.2 Å². The van der Waals surface area contributed by atoms with Crippen LogP contribution < -0.4 is 40.5 Å². The molecule has 4 heterocycles. The average molecular weight is 1030 g/mol. The Labute approximate surface area is 426 Å². The summed E-state index contributed by atoms with van der Waals surface area (Å²) >= 11 is 14.4. The Morgan fingerprint density at radius 1 is 0.915 bits per heavy atom. The van der Waals surface area contributed by atoms with Crippen LogP contribution in [0.1, 0.15) is 45.4 Å². The van der Waals surface area contributed by atoms with Crippen LogP contribution in [0.3, 0.4) is 0 Å². The van der Waals surface area contributed by atoms with E-state index in [4.69, 9.17) is 32.7 Å². The molecule has 0 bridgehead atoms. The van der Waals surface area contributed by atoms with Gasteiger partial charge in [0.1, 0.15) is 51.6 Å². The number of benzene rings is 3. The van der Waals surface area contributed by atoms with Crippen LogP contribution in [0, 0.1) is 12.3 Å². The number of methoxy groups -OCH3 is 2. The number of amides is 5. The number of carbonyl (C=O) groups is 4. The number of piperazine rings is 1. The van der Waals surface area contributed by atoms with Crippen LogP contribution in [0.5, 0.6) is 11.5 Å². The monoisotopic (exact) mass is 1030 g/mol. The van der Waals surface area contributed by atoms with Crippen LogP contribution in [0.25, 0.3) is 10.4 Å². The molecule has 6 N–H and O–H groups in total. The summed E-state index contributed by atoms with van der Waals surface area (Å²) in [6.45, 7) is 11.3. The normalized spacial score (nSPS) is 17.5. The lowest BCUT2D eigenvalue weighted by atomic mass is 9.85. The van der Waals surface area contributed by atoms with Gasteiger partial charge in [0.05, 0.1) is 48.6 Å². The topological polar surface area (TPSA) is 227 Å². The van der Waals surface area contributed by atoms with Gasteiger partial charge in [0.25, 0.3) is 0 Å². The summed E-state index contributed by atoms with van der Waals surface area (Å²) < 4.78 is 10.6. The van der Waals surface area contributed by atoms with Crippen LogP contribution in [0.4, 0.5) is 33.5 Å². The molecule has 2 fully saturated rings. The summed E-state index contributed by atoms with van der Waals surface area (Å²) in [6, 6.07) is 15.4. The highest BCUT2D eigenvalue weighted by Crippen LogP contribution is 2.44. The van der Waals surface area contributed by atoms with E-state index in [-0.39, 0.29) is 52.6 Å². The van der Waals surface area contributed by atoms with E-state index in [0.717, 1.165) is 27.5 Å². The summed E-state index contributed by atoms with van der Waals surface area (Å²) in [4.78, 5) is 75.7. The number of aliphatic hydroxyl groups is 2. The number of ether oxygens (including phenoxy) is 2. The maximum Gasteiger partial charge on any atom is 0.327 e. The number of aromatic nitrogens is 3. The minimum absolute atomic E-state index is 0.0230. The van der Waals surface area contributed by atoms with Crippen molar-refractivity contribution in [2.24, 2.45) is 5.41 Å². The third kappa shape index (κ3) is 12.3. The quantitative estimate of drug-likeness (QED) is 0.0639. The molecule has 71 heavy (non-hydrogen) atoms. The summed E-state index contributed by atoms with van der Waals surface area (Å²) in [6.07, 6.45) is 0.342. The maximum atomic E-state index is 14.3. The molecule has 3 aromatic carbocycles. The molecule has 5 amide bonds. The molecule has 0 saturated carbocycles. The molecule has 2 aromatic heterocycles. The fourth-order valence-electron chi connectivity index (χ4n) is 8.41. The second-order valence-corrected chi connectivity index (χ2v) is 20.2. The van der Waals surface area contributed by atoms with E-state index >= 15 is 0 Å². The van der Waals surface area contributed by atoms with Gasteiger partial charge in [-0.2, -0.15) is 0 Å². The van der Waals surface area contributed by atoms with Crippen molar-refractivity contribution in [2.75, 3.05) is 81.0 Å². The maximum absolute atomic E-state index is 14.3. The van der Waals surface area contributed by atoms with Crippen molar-refractivity contribution in [2.45, 2.75) is 65.0 Å². The molecule has 0 unspecified atom stereocenters. The average Bonchev–Trinajstić information content (AvgIpc) is 3.97. The molecule has 5 aromatic rings. The number of thiazole rings is 1. The number of aliphatic hydroxyl groups excluding tert-OH is 1. The van der Waals surface area contributed by atoms with E-state index in [9.17, 15) is 29.4 Å². The summed E-state index contributed by atoms with van der Waals surface area (Å²) in [5.74, 6) is -0.183. The van der Waals surface area contributed by atoms with Crippen molar-refractivity contribution in [1.29, 1.82) is 0 Å². The molecule has 0 aliphatic carbocycles. The zero-order chi connectivity index (χ0) is 51.4. The molecule has 4 atom stereocenters. The minimum atomic E-state index is -1.78. The number of rotatable bonds is 15. The first-order valence-electron chi connectivity index (χ1n) is 22.8. The highest BCUT2D eigenvalue weighted by molar-refractivity contribution is 7.13. The lowest BCUT2D eigenvalue weighted by molar-refractivity contribution is -0.146. The smallest absolute Gasteiger partial charge is 0.327 e. The highest BCUT2D eigenvalue weighted by Gasteiger charge is 2.46. The van der Waals surface area contributed by atoms with Crippen molar-refractivity contribution in [3.8, 4) is 21.9 Å². The van der Waals surface area contributed by atoms with Gasteiger partial charge in [0, 0.05) is 75.3 Å². The first-order chi connectivity index (χ1) is 33.7. The molecule has 2 aliphatic rings. The van der Waals surface area contributed by atoms with Crippen LogP contribution in [0.15, 0.2) is 72.5 Å². The lowest BCUT2D eigenvalue weighted by Gasteiger charge is -2.38. The number of likely N-dealkylation sites (tertiary alicyclic amines) is 1. The number of hydrogen-bond donors (Lipinski definition) is 6. The van der Waals surface area contributed by atoms with Gasteiger partial charge in [-0.25, -0.2) is 19.7 Å². The molecule has 2 aliphatic heterocycles. The number of nitrogens with zero attached hydrogens (tertiary/aromatic N) is 7. The van der Waals surface area contributed by atoms with Crippen LogP contribution in [-0.2, 0) is 20.1 Å². The zero-order valence-corrected chi connectivity index (χ0v) is 43.1. The van der Waals surface area contributed by atoms with E-state index < -0.39 is 47.2 Å². The van der Waals surface area contributed by atoms with E-state index in [1.807, 2.05) is 69.0 Å². The lowest BCUT2D eigenvalue weighted by Crippen LogP contribution is -2.60. The Morgan fingerprint density at radius 2 is 1.56 bits per heavy atom. The molecule has 2 saturated heterocycles. The Morgan fingerprint density at radius 3 is 2.15 bits per heavy atom. The summed E-state index contributed by atoms with van der Waals surface area (Å²) in [5.41, 5.74) is 3.36. The van der Waals surface area contributed by atoms with Gasteiger partial charge in [-0.15, -0.1) is 11.3 Å².